The first-order valence-corrected chi connectivity index (χ1v) is 9.27. The van der Waals surface area contributed by atoms with E-state index < -0.39 is 11.5 Å². The fourth-order valence-corrected chi connectivity index (χ4v) is 4.56. The lowest BCUT2D eigenvalue weighted by Gasteiger charge is -2.33. The lowest BCUT2D eigenvalue weighted by molar-refractivity contribution is -0.121. The normalized spacial score (nSPS) is 22.7. The number of hydrogen-bond donors (Lipinski definition) is 2. The summed E-state index contributed by atoms with van der Waals surface area (Å²) in [5.41, 5.74) is 1.26. The molecule has 1 fully saturated rings. The maximum Gasteiger partial charge on any atom is 0.274 e. The molecule has 2 aromatic heterocycles. The molecule has 0 saturated carbocycles. The first-order valence-electron chi connectivity index (χ1n) is 9.27. The summed E-state index contributed by atoms with van der Waals surface area (Å²) < 4.78 is 1.65. The minimum atomic E-state index is -0.905. The zero-order valence-electron chi connectivity index (χ0n) is 15.6. The molecule has 4 heterocycles. The number of rotatable bonds is 2. The Kier molecular flexibility index (Phi) is 3.67. The van der Waals surface area contributed by atoms with Crippen molar-refractivity contribution < 1.29 is 9.59 Å². The molecule has 2 aliphatic rings. The molecule has 1 aromatic carbocycles. The van der Waals surface area contributed by atoms with E-state index in [0.717, 1.165) is 16.8 Å². The van der Waals surface area contributed by atoms with Crippen LogP contribution in [0.25, 0.3) is 0 Å². The molecule has 29 heavy (non-hydrogen) atoms. The highest BCUT2D eigenvalue weighted by molar-refractivity contribution is 6.08. The maximum absolute atomic E-state index is 13.3. The van der Waals surface area contributed by atoms with Crippen LogP contribution in [0.3, 0.4) is 0 Å². The van der Waals surface area contributed by atoms with Crippen molar-refractivity contribution in [3.63, 3.8) is 0 Å². The number of fused-ring (bicyclic) bond motifs is 2. The number of likely N-dealkylation sites (tertiary alicyclic amines) is 1. The van der Waals surface area contributed by atoms with E-state index in [1.807, 2.05) is 30.5 Å². The lowest BCUT2D eigenvalue weighted by atomic mass is 9.73. The van der Waals surface area contributed by atoms with E-state index in [1.54, 1.807) is 22.8 Å². The fourth-order valence-electron chi connectivity index (χ4n) is 4.56. The molecule has 2 atom stereocenters. The van der Waals surface area contributed by atoms with Gasteiger partial charge in [-0.3, -0.25) is 19.1 Å². The Morgan fingerprint density at radius 3 is 2.76 bits per heavy atom. The molecule has 2 unspecified atom stereocenters. The Bertz CT molecular complexity index is 1180. The van der Waals surface area contributed by atoms with Crippen molar-refractivity contribution in [2.75, 3.05) is 11.9 Å². The van der Waals surface area contributed by atoms with Crippen molar-refractivity contribution in [2.24, 2.45) is 7.05 Å². The van der Waals surface area contributed by atoms with Crippen molar-refractivity contribution in [1.82, 2.24) is 24.9 Å². The molecule has 5 rings (SSSR count). The van der Waals surface area contributed by atoms with Crippen LogP contribution < -0.4 is 10.9 Å². The predicted octanol–water partition coefficient (Wildman–Crippen LogP) is 0.981. The zero-order chi connectivity index (χ0) is 20.2. The van der Waals surface area contributed by atoms with Gasteiger partial charge in [-0.2, -0.15) is 10.2 Å². The molecule has 1 spiro atoms. The summed E-state index contributed by atoms with van der Waals surface area (Å²) >= 11 is 0. The first-order chi connectivity index (χ1) is 14.0. The molecule has 9 nitrogen and oxygen atoms in total. The topological polar surface area (TPSA) is 113 Å². The van der Waals surface area contributed by atoms with E-state index in [0.29, 0.717) is 13.0 Å². The van der Waals surface area contributed by atoms with Crippen molar-refractivity contribution in [3.05, 3.63) is 76.0 Å². The SMILES string of the molecule is Cn1cc(C2N(C(=O)c3ccc(=O)[nH]n3)CCC23C(=O)Nc2ccccc23)cn1. The van der Waals surface area contributed by atoms with Crippen LogP contribution in [0, 0.1) is 0 Å². The van der Waals surface area contributed by atoms with E-state index in [9.17, 15) is 14.4 Å². The second-order valence-corrected chi connectivity index (χ2v) is 7.38. The summed E-state index contributed by atoms with van der Waals surface area (Å²) in [6.45, 7) is 0.376. The summed E-state index contributed by atoms with van der Waals surface area (Å²) in [5.74, 6) is -0.471. The third-order valence-corrected chi connectivity index (χ3v) is 5.79. The van der Waals surface area contributed by atoms with Gasteiger partial charge in [0.25, 0.3) is 11.5 Å². The average molecular weight is 390 g/mol. The Hall–Kier alpha value is -3.75. The third kappa shape index (κ3) is 2.43. The highest BCUT2D eigenvalue weighted by Gasteiger charge is 2.59. The number of nitrogens with zero attached hydrogens (tertiary/aromatic N) is 4. The van der Waals surface area contributed by atoms with E-state index in [1.165, 1.54) is 12.1 Å². The molecule has 0 bridgehead atoms. The molecule has 2 N–H and O–H groups in total. The zero-order valence-corrected chi connectivity index (χ0v) is 15.6. The number of hydrogen-bond acceptors (Lipinski definition) is 5. The van der Waals surface area contributed by atoms with E-state index in [2.05, 4.69) is 20.6 Å². The van der Waals surface area contributed by atoms with Gasteiger partial charge in [-0.1, -0.05) is 18.2 Å². The van der Waals surface area contributed by atoms with Gasteiger partial charge in [0.15, 0.2) is 0 Å². The summed E-state index contributed by atoms with van der Waals surface area (Å²) in [4.78, 5) is 39.5. The molecule has 0 aliphatic carbocycles. The predicted molar refractivity (Wildman–Crippen MR) is 103 cm³/mol. The summed E-state index contributed by atoms with van der Waals surface area (Å²) in [6.07, 6.45) is 3.99. The highest BCUT2D eigenvalue weighted by atomic mass is 16.2. The van der Waals surface area contributed by atoms with Crippen molar-refractivity contribution in [1.29, 1.82) is 0 Å². The van der Waals surface area contributed by atoms with Crippen LogP contribution in [0.5, 0.6) is 0 Å². The van der Waals surface area contributed by atoms with Gasteiger partial charge in [0, 0.05) is 37.1 Å². The minimum Gasteiger partial charge on any atom is -0.329 e. The number of aryl methyl sites for hydroxylation is 1. The molecule has 9 heteroatoms. The van der Waals surface area contributed by atoms with Crippen LogP contribution in [-0.4, -0.2) is 43.2 Å². The van der Waals surface area contributed by atoms with E-state index in [-0.39, 0.29) is 23.1 Å². The maximum atomic E-state index is 13.3. The molecule has 146 valence electrons. The molecular formula is C20H18N6O3. The second kappa shape index (κ2) is 6.13. The first kappa shape index (κ1) is 17.4. The van der Waals surface area contributed by atoms with Crippen LogP contribution >= 0.6 is 0 Å². The molecule has 2 aliphatic heterocycles. The summed E-state index contributed by atoms with van der Waals surface area (Å²) in [5, 5.41) is 13.4. The fraction of sp³-hybridized carbons (Fsp3) is 0.250. The van der Waals surface area contributed by atoms with Gasteiger partial charge in [0.1, 0.15) is 11.1 Å². The van der Waals surface area contributed by atoms with Gasteiger partial charge in [0.2, 0.25) is 5.91 Å². The number of H-pyrrole nitrogens is 1. The number of amides is 2. The number of aromatic amines is 1. The number of para-hydroxylation sites is 1. The van der Waals surface area contributed by atoms with Crippen LogP contribution in [-0.2, 0) is 17.3 Å². The van der Waals surface area contributed by atoms with Gasteiger partial charge < -0.3 is 10.2 Å². The van der Waals surface area contributed by atoms with Crippen molar-refractivity contribution in [3.8, 4) is 0 Å². The number of nitrogens with one attached hydrogen (secondary N) is 2. The Balaban J connectivity index is 1.66. The standard InChI is InChI=1S/C20H18N6O3/c1-25-11-12(10-21-25)17-20(13-4-2-3-5-14(13)22-19(20)29)8-9-26(17)18(28)15-6-7-16(27)24-23-15/h2-7,10-11,17H,8-9H2,1H3,(H,22,29)(H,24,27). The average Bonchev–Trinajstić information content (AvgIpc) is 3.39. The third-order valence-electron chi connectivity index (χ3n) is 5.79. The second-order valence-electron chi connectivity index (χ2n) is 7.38. The number of benzene rings is 1. The largest absolute Gasteiger partial charge is 0.329 e. The van der Waals surface area contributed by atoms with Crippen LogP contribution in [0.1, 0.15) is 34.1 Å². The van der Waals surface area contributed by atoms with Gasteiger partial charge in [-0.25, -0.2) is 5.10 Å². The van der Waals surface area contributed by atoms with Gasteiger partial charge in [-0.15, -0.1) is 0 Å². The molecule has 3 aromatic rings. The molecule has 0 radical (unpaired) electrons. The Labute approximate surface area is 165 Å². The van der Waals surface area contributed by atoms with Crippen LogP contribution in [0.2, 0.25) is 0 Å². The number of carbonyl (C=O) groups excluding carboxylic acids is 2. The summed E-state index contributed by atoms with van der Waals surface area (Å²) in [6, 6.07) is 9.70. The van der Waals surface area contributed by atoms with Gasteiger partial charge >= 0.3 is 0 Å². The van der Waals surface area contributed by atoms with E-state index in [4.69, 9.17) is 0 Å². The van der Waals surface area contributed by atoms with Crippen molar-refractivity contribution >= 4 is 17.5 Å². The highest BCUT2D eigenvalue weighted by Crippen LogP contribution is 2.54. The number of carbonyl (C=O) groups is 2. The van der Waals surface area contributed by atoms with E-state index >= 15 is 0 Å². The Morgan fingerprint density at radius 1 is 1.21 bits per heavy atom. The monoisotopic (exact) mass is 390 g/mol. The quantitative estimate of drug-likeness (QED) is 0.677. The van der Waals surface area contributed by atoms with Crippen LogP contribution in [0.4, 0.5) is 5.69 Å². The number of anilines is 1. The summed E-state index contributed by atoms with van der Waals surface area (Å²) in [7, 11) is 1.80. The molecule has 1 saturated heterocycles. The lowest BCUT2D eigenvalue weighted by Crippen LogP contribution is -2.42. The molecule has 2 amide bonds. The van der Waals surface area contributed by atoms with Gasteiger partial charge in [-0.05, 0) is 24.1 Å². The van der Waals surface area contributed by atoms with Crippen LogP contribution in [0.15, 0.2) is 53.6 Å². The molecular weight excluding hydrogens is 372 g/mol. The Morgan fingerprint density at radius 2 is 2.03 bits per heavy atom. The minimum absolute atomic E-state index is 0.127. The van der Waals surface area contributed by atoms with Crippen molar-refractivity contribution in [2.45, 2.75) is 17.9 Å². The van der Waals surface area contributed by atoms with Gasteiger partial charge in [0.05, 0.1) is 12.2 Å². The smallest absolute Gasteiger partial charge is 0.274 e. The number of aromatic nitrogens is 4.